The minimum Gasteiger partial charge on any atom is -0.314 e. The second-order valence-corrected chi connectivity index (χ2v) is 6.16. The number of nitrogens with zero attached hydrogens (tertiary/aromatic N) is 1. The summed E-state index contributed by atoms with van der Waals surface area (Å²) in [4.78, 5) is 4.58. The van der Waals surface area contributed by atoms with E-state index in [4.69, 9.17) is 0 Å². The fourth-order valence-electron chi connectivity index (χ4n) is 2.41. The van der Waals surface area contributed by atoms with Crippen molar-refractivity contribution in [1.29, 1.82) is 0 Å². The first kappa shape index (κ1) is 15.2. The van der Waals surface area contributed by atoms with Crippen LogP contribution in [0.5, 0.6) is 0 Å². The first-order chi connectivity index (χ1) is 9.71. The van der Waals surface area contributed by atoms with E-state index in [1.165, 1.54) is 16.1 Å². The van der Waals surface area contributed by atoms with Gasteiger partial charge in [-0.15, -0.1) is 11.3 Å². The second-order valence-electron chi connectivity index (χ2n) is 5.22. The zero-order chi connectivity index (χ0) is 14.4. The van der Waals surface area contributed by atoms with E-state index in [2.05, 4.69) is 60.7 Å². The van der Waals surface area contributed by atoms with E-state index in [1.54, 1.807) is 11.3 Å². The van der Waals surface area contributed by atoms with Crippen LogP contribution in [0.4, 0.5) is 0 Å². The fourth-order valence-corrected chi connectivity index (χ4v) is 3.26. The quantitative estimate of drug-likeness (QED) is 0.838. The number of likely N-dealkylation sites (N-methyl/N-ethyl adjacent to an activating group) is 1. The first-order valence-corrected chi connectivity index (χ1v) is 8.31. The third kappa shape index (κ3) is 4.43. The van der Waals surface area contributed by atoms with E-state index in [0.717, 1.165) is 31.5 Å². The number of aromatic nitrogens is 1. The molecule has 0 aliphatic heterocycles. The summed E-state index contributed by atoms with van der Waals surface area (Å²) in [6, 6.07) is 9.47. The Kier molecular flexibility index (Phi) is 5.74. The van der Waals surface area contributed by atoms with E-state index in [-0.39, 0.29) is 0 Å². The van der Waals surface area contributed by atoms with Crippen molar-refractivity contribution in [3.63, 3.8) is 0 Å². The summed E-state index contributed by atoms with van der Waals surface area (Å²) < 4.78 is 0. The number of hydrogen-bond donors (Lipinski definition) is 1. The molecule has 2 rings (SSSR count). The van der Waals surface area contributed by atoms with Gasteiger partial charge < -0.3 is 5.32 Å². The minimum atomic E-state index is 0.470. The molecule has 0 saturated carbocycles. The molecule has 0 amide bonds. The molecular formula is C17H24N2S. The molecule has 1 aromatic carbocycles. The molecule has 1 heterocycles. The van der Waals surface area contributed by atoms with Crippen LogP contribution in [-0.4, -0.2) is 17.6 Å². The number of rotatable bonds is 7. The Labute approximate surface area is 126 Å². The van der Waals surface area contributed by atoms with Crippen molar-refractivity contribution in [3.05, 3.63) is 51.5 Å². The van der Waals surface area contributed by atoms with Gasteiger partial charge >= 0.3 is 0 Å². The summed E-state index contributed by atoms with van der Waals surface area (Å²) in [5, 5.41) is 6.95. The maximum absolute atomic E-state index is 4.58. The van der Waals surface area contributed by atoms with Crippen LogP contribution < -0.4 is 5.32 Å². The van der Waals surface area contributed by atoms with Crippen LogP contribution in [0.1, 0.15) is 35.7 Å². The Hall–Kier alpha value is -1.19. The van der Waals surface area contributed by atoms with Crippen molar-refractivity contribution in [1.82, 2.24) is 10.3 Å². The van der Waals surface area contributed by atoms with Crippen molar-refractivity contribution in [2.45, 2.75) is 46.1 Å². The van der Waals surface area contributed by atoms with Crippen LogP contribution in [0.25, 0.3) is 0 Å². The lowest BCUT2D eigenvalue weighted by Gasteiger charge is -2.17. The number of aryl methyl sites for hydroxylation is 2. The smallest absolute Gasteiger partial charge is 0.0943 e. The van der Waals surface area contributed by atoms with E-state index < -0.39 is 0 Å². The Balaban J connectivity index is 2.00. The predicted octanol–water partition coefficient (Wildman–Crippen LogP) is 3.78. The topological polar surface area (TPSA) is 24.9 Å². The molecule has 0 aliphatic rings. The monoisotopic (exact) mass is 288 g/mol. The van der Waals surface area contributed by atoms with Crippen LogP contribution in [0, 0.1) is 6.92 Å². The van der Waals surface area contributed by atoms with Gasteiger partial charge in [-0.2, -0.15) is 0 Å². The van der Waals surface area contributed by atoms with Crippen LogP contribution >= 0.6 is 11.3 Å². The maximum Gasteiger partial charge on any atom is 0.0943 e. The van der Waals surface area contributed by atoms with Crippen molar-refractivity contribution in [2.75, 3.05) is 6.54 Å². The van der Waals surface area contributed by atoms with Crippen molar-refractivity contribution in [3.8, 4) is 0 Å². The Morgan fingerprint density at radius 2 is 1.80 bits per heavy atom. The molecule has 0 radical (unpaired) electrons. The molecule has 1 atom stereocenters. The lowest BCUT2D eigenvalue weighted by Crippen LogP contribution is -2.33. The van der Waals surface area contributed by atoms with Crippen LogP contribution in [-0.2, 0) is 19.3 Å². The van der Waals surface area contributed by atoms with E-state index >= 15 is 0 Å². The number of benzene rings is 1. The van der Waals surface area contributed by atoms with Gasteiger partial charge in [0.1, 0.15) is 0 Å². The lowest BCUT2D eigenvalue weighted by molar-refractivity contribution is 0.520. The van der Waals surface area contributed by atoms with Crippen molar-refractivity contribution < 1.29 is 0 Å². The van der Waals surface area contributed by atoms with Crippen LogP contribution in [0.3, 0.4) is 0 Å². The molecule has 0 spiro atoms. The molecular weight excluding hydrogens is 264 g/mol. The van der Waals surface area contributed by atoms with E-state index in [9.17, 15) is 0 Å². The van der Waals surface area contributed by atoms with Gasteiger partial charge in [-0.3, -0.25) is 0 Å². The van der Waals surface area contributed by atoms with Gasteiger partial charge in [0.2, 0.25) is 0 Å². The average Bonchev–Trinajstić information content (AvgIpc) is 2.85. The fraction of sp³-hybridized carbons (Fsp3) is 0.471. The molecule has 0 bridgehead atoms. The Morgan fingerprint density at radius 1 is 1.10 bits per heavy atom. The summed E-state index contributed by atoms with van der Waals surface area (Å²) >= 11 is 1.77. The highest BCUT2D eigenvalue weighted by Crippen LogP contribution is 2.14. The summed E-state index contributed by atoms with van der Waals surface area (Å²) in [5.74, 6) is 0. The molecule has 1 N–H and O–H groups in total. The molecule has 3 heteroatoms. The molecule has 1 aromatic heterocycles. The highest BCUT2D eigenvalue weighted by Gasteiger charge is 2.11. The van der Waals surface area contributed by atoms with Gasteiger partial charge in [0.15, 0.2) is 0 Å². The molecule has 0 fully saturated rings. The van der Waals surface area contributed by atoms with Crippen LogP contribution in [0.2, 0.25) is 0 Å². The predicted molar refractivity (Wildman–Crippen MR) is 87.5 cm³/mol. The molecule has 0 saturated heterocycles. The van der Waals surface area contributed by atoms with Gasteiger partial charge in [-0.25, -0.2) is 4.98 Å². The number of nitrogens with one attached hydrogen (secondary N) is 1. The molecule has 1 unspecified atom stereocenters. The van der Waals surface area contributed by atoms with E-state index in [0.29, 0.717) is 6.04 Å². The Morgan fingerprint density at radius 3 is 2.35 bits per heavy atom. The molecule has 20 heavy (non-hydrogen) atoms. The Bertz CT molecular complexity index is 516. The summed E-state index contributed by atoms with van der Waals surface area (Å²) in [7, 11) is 0. The van der Waals surface area contributed by atoms with Gasteiger partial charge in [-0.1, -0.05) is 38.1 Å². The largest absolute Gasteiger partial charge is 0.314 e. The number of hydrogen-bond acceptors (Lipinski definition) is 3. The first-order valence-electron chi connectivity index (χ1n) is 7.43. The highest BCUT2D eigenvalue weighted by molar-refractivity contribution is 7.09. The summed E-state index contributed by atoms with van der Waals surface area (Å²) in [6.07, 6.45) is 3.19. The SMILES string of the molecule is CCNC(Cc1ccc(CC)cc1)Cc1nc(C)cs1. The highest BCUT2D eigenvalue weighted by atomic mass is 32.1. The van der Waals surface area contributed by atoms with Crippen LogP contribution in [0.15, 0.2) is 29.6 Å². The third-order valence-corrected chi connectivity index (χ3v) is 4.48. The lowest BCUT2D eigenvalue weighted by atomic mass is 10.0. The average molecular weight is 288 g/mol. The molecule has 2 nitrogen and oxygen atoms in total. The second kappa shape index (κ2) is 7.55. The molecule has 2 aromatic rings. The normalized spacial score (nSPS) is 12.6. The molecule has 108 valence electrons. The molecule has 0 aliphatic carbocycles. The van der Waals surface area contributed by atoms with Gasteiger partial charge in [0, 0.05) is 23.5 Å². The van der Waals surface area contributed by atoms with Gasteiger partial charge in [0.05, 0.1) is 5.01 Å². The zero-order valence-electron chi connectivity index (χ0n) is 12.6. The zero-order valence-corrected chi connectivity index (χ0v) is 13.5. The minimum absolute atomic E-state index is 0.470. The van der Waals surface area contributed by atoms with Gasteiger partial charge in [-0.05, 0) is 37.4 Å². The van der Waals surface area contributed by atoms with Crippen molar-refractivity contribution in [2.24, 2.45) is 0 Å². The maximum atomic E-state index is 4.58. The number of thiazole rings is 1. The van der Waals surface area contributed by atoms with E-state index in [1.807, 2.05) is 0 Å². The summed E-state index contributed by atoms with van der Waals surface area (Å²) in [6.45, 7) is 7.43. The van der Waals surface area contributed by atoms with Gasteiger partial charge in [0.25, 0.3) is 0 Å². The third-order valence-electron chi connectivity index (χ3n) is 3.49. The standard InChI is InChI=1S/C17H24N2S/c1-4-14-6-8-15(9-7-14)10-16(18-5-2)11-17-19-13(3)12-20-17/h6-9,12,16,18H,4-5,10-11H2,1-3H3. The van der Waals surface area contributed by atoms with Crippen molar-refractivity contribution >= 4 is 11.3 Å². The summed E-state index contributed by atoms with van der Waals surface area (Å²) in [5.41, 5.74) is 3.94.